The Labute approximate surface area is 128 Å². The van der Waals surface area contributed by atoms with E-state index in [1.54, 1.807) is 19.1 Å². The van der Waals surface area contributed by atoms with Gasteiger partial charge in [-0.2, -0.15) is 8.42 Å². The van der Waals surface area contributed by atoms with Crippen molar-refractivity contribution in [3.63, 3.8) is 0 Å². The molecule has 0 aliphatic carbocycles. The van der Waals surface area contributed by atoms with Gasteiger partial charge in [-0.15, -0.1) is 0 Å². The van der Waals surface area contributed by atoms with Gasteiger partial charge < -0.3 is 4.18 Å². The molecule has 6 heteroatoms. The van der Waals surface area contributed by atoms with Crippen molar-refractivity contribution in [2.24, 2.45) is 0 Å². The van der Waals surface area contributed by atoms with E-state index in [4.69, 9.17) is 4.18 Å². The molecule has 0 unspecified atom stereocenters. The van der Waals surface area contributed by atoms with Gasteiger partial charge in [0.2, 0.25) is 0 Å². The topological polar surface area (TPSA) is 43.4 Å². The van der Waals surface area contributed by atoms with Crippen molar-refractivity contribution >= 4 is 10.1 Å². The lowest BCUT2D eigenvalue weighted by molar-refractivity contribution is 0.470. The van der Waals surface area contributed by atoms with Gasteiger partial charge in [-0.25, -0.2) is 8.78 Å². The summed E-state index contributed by atoms with van der Waals surface area (Å²) in [6, 6.07) is 7.42. The van der Waals surface area contributed by atoms with Crippen LogP contribution in [0.15, 0.2) is 41.3 Å². The van der Waals surface area contributed by atoms with Gasteiger partial charge in [-0.1, -0.05) is 26.0 Å². The second kappa shape index (κ2) is 6.04. The van der Waals surface area contributed by atoms with E-state index < -0.39 is 26.6 Å². The van der Waals surface area contributed by atoms with E-state index in [1.165, 1.54) is 0 Å². The second-order valence-corrected chi connectivity index (χ2v) is 6.82. The highest BCUT2D eigenvalue weighted by Crippen LogP contribution is 2.30. The van der Waals surface area contributed by atoms with Crippen LogP contribution in [0.4, 0.5) is 8.78 Å². The van der Waals surface area contributed by atoms with Crippen LogP contribution in [0.3, 0.4) is 0 Å². The normalized spacial score (nSPS) is 11.7. The van der Waals surface area contributed by atoms with Crippen LogP contribution >= 0.6 is 0 Å². The van der Waals surface area contributed by atoms with E-state index in [0.717, 1.165) is 17.7 Å². The molecule has 22 heavy (non-hydrogen) atoms. The Morgan fingerprint density at radius 3 is 2.32 bits per heavy atom. The first-order chi connectivity index (χ1) is 10.2. The van der Waals surface area contributed by atoms with Gasteiger partial charge in [-0.3, -0.25) is 0 Å². The lowest BCUT2D eigenvalue weighted by Crippen LogP contribution is -2.13. The van der Waals surface area contributed by atoms with Gasteiger partial charge in [0.25, 0.3) is 0 Å². The molecule has 0 N–H and O–H groups in total. The number of halogens is 2. The maximum absolute atomic E-state index is 13.7. The van der Waals surface area contributed by atoms with E-state index >= 15 is 0 Å². The number of aryl methyl sites for hydroxylation is 1. The van der Waals surface area contributed by atoms with Crippen LogP contribution in [-0.4, -0.2) is 8.42 Å². The summed E-state index contributed by atoms with van der Waals surface area (Å²) in [6.45, 7) is 5.58. The van der Waals surface area contributed by atoms with Crippen LogP contribution in [-0.2, 0) is 10.1 Å². The largest absolute Gasteiger partial charge is 0.379 e. The van der Waals surface area contributed by atoms with Crippen molar-refractivity contribution in [3.8, 4) is 5.75 Å². The lowest BCUT2D eigenvalue weighted by atomic mass is 10.0. The summed E-state index contributed by atoms with van der Waals surface area (Å²) in [5.41, 5.74) is 1.51. The van der Waals surface area contributed by atoms with Gasteiger partial charge in [-0.05, 0) is 42.2 Å². The third-order valence-corrected chi connectivity index (χ3v) is 4.42. The molecule has 0 aromatic heterocycles. The highest BCUT2D eigenvalue weighted by atomic mass is 32.2. The van der Waals surface area contributed by atoms with E-state index in [9.17, 15) is 17.2 Å². The van der Waals surface area contributed by atoms with Crippen LogP contribution in [0.25, 0.3) is 0 Å². The van der Waals surface area contributed by atoms with Crippen molar-refractivity contribution < 1.29 is 21.4 Å². The molecule has 0 saturated carbocycles. The first-order valence-corrected chi connectivity index (χ1v) is 8.11. The van der Waals surface area contributed by atoms with Gasteiger partial charge in [0.15, 0.2) is 0 Å². The molecule has 0 atom stereocenters. The van der Waals surface area contributed by atoms with Crippen LogP contribution < -0.4 is 4.18 Å². The smallest absolute Gasteiger partial charge is 0.342 e. The van der Waals surface area contributed by atoms with Crippen molar-refractivity contribution in [2.75, 3.05) is 0 Å². The minimum Gasteiger partial charge on any atom is -0.379 e. The zero-order chi connectivity index (χ0) is 16.5. The van der Waals surface area contributed by atoms with Gasteiger partial charge in [0.1, 0.15) is 22.3 Å². The second-order valence-electron chi connectivity index (χ2n) is 5.31. The monoisotopic (exact) mass is 326 g/mol. The molecule has 0 saturated heterocycles. The van der Waals surface area contributed by atoms with Gasteiger partial charge in [0.05, 0.1) is 0 Å². The molecule has 0 aliphatic rings. The summed E-state index contributed by atoms with van der Waals surface area (Å²) in [5.74, 6) is -1.85. The molecule has 3 nitrogen and oxygen atoms in total. The molecular formula is C16H16F2O3S. The van der Waals surface area contributed by atoms with Gasteiger partial charge in [0, 0.05) is 6.07 Å². The Balaban J connectivity index is 2.47. The maximum Gasteiger partial charge on any atom is 0.342 e. The fourth-order valence-electron chi connectivity index (χ4n) is 2.03. The maximum atomic E-state index is 13.7. The highest BCUT2D eigenvalue weighted by molar-refractivity contribution is 7.87. The summed E-state index contributed by atoms with van der Waals surface area (Å²) >= 11 is 0. The van der Waals surface area contributed by atoms with Crippen molar-refractivity contribution in [1.29, 1.82) is 0 Å². The summed E-state index contributed by atoms with van der Waals surface area (Å²) in [5, 5.41) is 0. The third-order valence-electron chi connectivity index (χ3n) is 3.15. The Morgan fingerprint density at radius 2 is 1.73 bits per heavy atom. The minimum absolute atomic E-state index is 0.0314. The number of benzene rings is 2. The Bertz CT molecular complexity index is 799. The molecule has 0 amide bonds. The highest BCUT2D eigenvalue weighted by Gasteiger charge is 2.23. The molecule has 118 valence electrons. The fourth-order valence-corrected chi connectivity index (χ4v) is 3.03. The average Bonchev–Trinajstić information content (AvgIpc) is 2.37. The van der Waals surface area contributed by atoms with E-state index in [2.05, 4.69) is 0 Å². The summed E-state index contributed by atoms with van der Waals surface area (Å²) in [7, 11) is -4.38. The molecule has 0 bridgehead atoms. The number of hydrogen-bond donors (Lipinski definition) is 0. The molecule has 2 aromatic carbocycles. The molecule has 0 fully saturated rings. The predicted molar refractivity (Wildman–Crippen MR) is 79.4 cm³/mol. The standard InChI is InChI=1S/C16H16F2O3S/c1-10(2)13-6-4-11(3)8-15(13)21-22(19,20)16-7-5-12(17)9-14(16)18/h4-10H,1-3H3. The number of hydrogen-bond acceptors (Lipinski definition) is 3. The van der Waals surface area contributed by atoms with Crippen LogP contribution in [0, 0.1) is 18.6 Å². The lowest BCUT2D eigenvalue weighted by Gasteiger charge is -2.14. The molecule has 2 aromatic rings. The van der Waals surface area contributed by atoms with Crippen molar-refractivity contribution in [3.05, 3.63) is 59.2 Å². The minimum atomic E-state index is -4.38. The first kappa shape index (κ1) is 16.4. The van der Waals surface area contributed by atoms with E-state index in [-0.39, 0.29) is 11.7 Å². The molecule has 0 radical (unpaired) electrons. The summed E-state index contributed by atoms with van der Waals surface area (Å²) < 4.78 is 56.2. The van der Waals surface area contributed by atoms with Gasteiger partial charge >= 0.3 is 10.1 Å². The molecular weight excluding hydrogens is 310 g/mol. The Morgan fingerprint density at radius 1 is 1.05 bits per heavy atom. The van der Waals surface area contributed by atoms with E-state index in [0.29, 0.717) is 11.6 Å². The summed E-state index contributed by atoms with van der Waals surface area (Å²) in [4.78, 5) is -0.690. The van der Waals surface area contributed by atoms with Crippen molar-refractivity contribution in [1.82, 2.24) is 0 Å². The first-order valence-electron chi connectivity index (χ1n) is 6.71. The fraction of sp³-hybridized carbons (Fsp3) is 0.250. The Kier molecular flexibility index (Phi) is 4.51. The van der Waals surface area contributed by atoms with Crippen LogP contribution in [0.2, 0.25) is 0 Å². The SMILES string of the molecule is Cc1ccc(C(C)C)c(OS(=O)(=O)c2ccc(F)cc2F)c1. The predicted octanol–water partition coefficient (Wildman–Crippen LogP) is 4.16. The van der Waals surface area contributed by atoms with Crippen LogP contribution in [0.5, 0.6) is 5.75 Å². The summed E-state index contributed by atoms with van der Waals surface area (Å²) in [6.07, 6.45) is 0. The third kappa shape index (κ3) is 3.44. The molecule has 0 spiro atoms. The van der Waals surface area contributed by atoms with E-state index in [1.807, 2.05) is 19.9 Å². The zero-order valence-electron chi connectivity index (χ0n) is 12.4. The number of rotatable bonds is 4. The van der Waals surface area contributed by atoms with Crippen LogP contribution in [0.1, 0.15) is 30.9 Å². The quantitative estimate of drug-likeness (QED) is 0.792. The molecule has 2 rings (SSSR count). The average molecular weight is 326 g/mol. The molecule has 0 heterocycles. The zero-order valence-corrected chi connectivity index (χ0v) is 13.2. The molecule has 0 aliphatic heterocycles. The Hall–Kier alpha value is -1.95. The van der Waals surface area contributed by atoms with Crippen molar-refractivity contribution in [2.45, 2.75) is 31.6 Å².